The van der Waals surface area contributed by atoms with Crippen molar-refractivity contribution < 1.29 is 24.2 Å². The van der Waals surface area contributed by atoms with Gasteiger partial charge in [0.25, 0.3) is 6.47 Å². The largest absolute Gasteiger partial charge is 0.468 e. The van der Waals surface area contributed by atoms with Crippen molar-refractivity contribution in [2.75, 3.05) is 19.7 Å². The van der Waals surface area contributed by atoms with Crippen LogP contribution in [-0.4, -0.2) is 55.1 Å². The number of hydrogen-bond acceptors (Lipinski definition) is 6. The molecule has 0 spiro atoms. The molecule has 1 saturated heterocycles. The van der Waals surface area contributed by atoms with Gasteiger partial charge in [-0.1, -0.05) is 0 Å². The smallest absolute Gasteiger partial charge is 0.407 e. The number of aliphatic hydroxyl groups is 1. The van der Waals surface area contributed by atoms with Gasteiger partial charge in [-0.3, -0.25) is 4.79 Å². The summed E-state index contributed by atoms with van der Waals surface area (Å²) in [6, 6.07) is -0.207. The number of carbonyl (C=O) groups is 2. The zero-order valence-electron chi connectivity index (χ0n) is 12.6. The highest BCUT2D eigenvalue weighted by Gasteiger charge is 2.26. The molecule has 0 aromatic carbocycles. The van der Waals surface area contributed by atoms with E-state index in [0.29, 0.717) is 19.6 Å². The quantitative estimate of drug-likeness (QED) is 0.652. The molecule has 3 N–H and O–H groups in total. The molecule has 1 heterocycles. The Labute approximate surface area is 120 Å². The maximum absolute atomic E-state index is 11.4. The number of β-amino-alcohol motifs (C(OH)–C–C–N with tert-alkyl or cyclic N) is 1. The van der Waals surface area contributed by atoms with E-state index < -0.39 is 17.8 Å². The van der Waals surface area contributed by atoms with E-state index >= 15 is 0 Å². The molecule has 0 radical (unpaired) electrons. The Morgan fingerprint density at radius 2 is 2.15 bits per heavy atom. The van der Waals surface area contributed by atoms with Gasteiger partial charge in [0, 0.05) is 6.54 Å². The first-order valence-corrected chi connectivity index (χ1v) is 6.73. The lowest BCUT2D eigenvalue weighted by molar-refractivity contribution is -0.128. The molecule has 1 rings (SSSR count). The van der Waals surface area contributed by atoms with E-state index in [2.05, 4.69) is 15.4 Å². The van der Waals surface area contributed by atoms with Crippen molar-refractivity contribution in [3.63, 3.8) is 0 Å². The third-order valence-electron chi connectivity index (χ3n) is 2.39. The third-order valence-corrected chi connectivity index (χ3v) is 2.39. The van der Waals surface area contributed by atoms with Crippen LogP contribution in [0.2, 0.25) is 0 Å². The minimum absolute atomic E-state index is 0.207. The van der Waals surface area contributed by atoms with Crippen molar-refractivity contribution in [1.82, 2.24) is 10.6 Å². The molecule has 1 amide bonds. The molecule has 0 aromatic rings. The van der Waals surface area contributed by atoms with Gasteiger partial charge < -0.3 is 25.2 Å². The van der Waals surface area contributed by atoms with Crippen molar-refractivity contribution >= 4 is 12.6 Å². The number of hydrogen-bond donors (Lipinski definition) is 3. The van der Waals surface area contributed by atoms with Crippen molar-refractivity contribution in [1.29, 1.82) is 0 Å². The Kier molecular flexibility index (Phi) is 8.91. The predicted molar refractivity (Wildman–Crippen MR) is 74.3 cm³/mol. The summed E-state index contributed by atoms with van der Waals surface area (Å²) in [4.78, 5) is 20.6. The first-order chi connectivity index (χ1) is 9.30. The fraction of sp³-hybridized carbons (Fsp3) is 0.846. The van der Waals surface area contributed by atoms with E-state index in [1.165, 1.54) is 0 Å². The Balaban J connectivity index is 0.000000621. The standard InChI is InChI=1S/C10H20N2O3.C3H6O2/c1-10(2,3)15-9(14)12-7-4-5-11-6-8(7)13;1-2-5-3-4/h7-8,11,13H,4-6H2,1-3H3,(H,12,14);3H,2H2,1H3. The number of carbonyl (C=O) groups excluding carboxylic acids is 2. The second-order valence-electron chi connectivity index (χ2n) is 5.36. The summed E-state index contributed by atoms with van der Waals surface area (Å²) < 4.78 is 9.26. The predicted octanol–water partition coefficient (Wildman–Crippen LogP) is 0.413. The van der Waals surface area contributed by atoms with Crippen LogP contribution in [0.3, 0.4) is 0 Å². The van der Waals surface area contributed by atoms with Gasteiger partial charge in [-0.05, 0) is 40.7 Å². The van der Waals surface area contributed by atoms with Crippen LogP contribution in [0.25, 0.3) is 0 Å². The molecule has 0 aromatic heterocycles. The van der Waals surface area contributed by atoms with Crippen LogP contribution in [0.4, 0.5) is 4.79 Å². The van der Waals surface area contributed by atoms with Crippen LogP contribution in [0.1, 0.15) is 34.1 Å². The summed E-state index contributed by atoms with van der Waals surface area (Å²) in [5.74, 6) is 0. The average molecular weight is 290 g/mol. The first kappa shape index (κ1) is 18.7. The van der Waals surface area contributed by atoms with Crippen LogP contribution >= 0.6 is 0 Å². The van der Waals surface area contributed by atoms with Crippen LogP contribution in [0.15, 0.2) is 0 Å². The Hall–Kier alpha value is -1.34. The third kappa shape index (κ3) is 9.57. The highest BCUT2D eigenvalue weighted by atomic mass is 16.6. The molecule has 0 saturated carbocycles. The molecule has 1 fully saturated rings. The zero-order chi connectivity index (χ0) is 15.6. The molecule has 2 unspecified atom stereocenters. The van der Waals surface area contributed by atoms with Crippen LogP contribution in [0.5, 0.6) is 0 Å². The SMILES string of the molecule is CC(C)(C)OC(=O)NC1CCNCC1O.CCOC=O. The van der Waals surface area contributed by atoms with E-state index in [1.54, 1.807) is 6.92 Å². The minimum Gasteiger partial charge on any atom is -0.468 e. The molecule has 1 aliphatic heterocycles. The molecule has 20 heavy (non-hydrogen) atoms. The minimum atomic E-state index is -0.536. The Bertz CT molecular complexity index is 291. The number of piperidine rings is 1. The maximum Gasteiger partial charge on any atom is 0.407 e. The second kappa shape index (κ2) is 9.55. The lowest BCUT2D eigenvalue weighted by Crippen LogP contribution is -2.53. The maximum atomic E-state index is 11.4. The van der Waals surface area contributed by atoms with Gasteiger partial charge in [0.2, 0.25) is 0 Å². The lowest BCUT2D eigenvalue weighted by Gasteiger charge is -2.30. The normalized spacial score (nSPS) is 22.1. The van der Waals surface area contributed by atoms with Gasteiger partial charge in [-0.25, -0.2) is 4.79 Å². The molecule has 0 bridgehead atoms. The van der Waals surface area contributed by atoms with Crippen molar-refractivity contribution in [3.05, 3.63) is 0 Å². The topological polar surface area (TPSA) is 96.9 Å². The fourth-order valence-electron chi connectivity index (χ4n) is 1.54. The van der Waals surface area contributed by atoms with Gasteiger partial charge >= 0.3 is 6.09 Å². The number of aliphatic hydroxyl groups excluding tert-OH is 1. The van der Waals surface area contributed by atoms with Crippen molar-refractivity contribution in [2.24, 2.45) is 0 Å². The van der Waals surface area contributed by atoms with Gasteiger partial charge in [0.1, 0.15) is 5.60 Å². The molecular weight excluding hydrogens is 264 g/mol. The van der Waals surface area contributed by atoms with Crippen LogP contribution in [0, 0.1) is 0 Å². The summed E-state index contributed by atoms with van der Waals surface area (Å²) in [6.07, 6.45) is -0.278. The monoisotopic (exact) mass is 290 g/mol. The van der Waals surface area contributed by atoms with Gasteiger partial charge in [0.15, 0.2) is 0 Å². The van der Waals surface area contributed by atoms with Gasteiger partial charge in [-0.15, -0.1) is 0 Å². The number of alkyl carbamates (subject to hydrolysis) is 1. The first-order valence-electron chi connectivity index (χ1n) is 6.73. The van der Waals surface area contributed by atoms with Crippen LogP contribution < -0.4 is 10.6 Å². The van der Waals surface area contributed by atoms with Crippen molar-refractivity contribution in [3.8, 4) is 0 Å². The molecule has 2 atom stereocenters. The Morgan fingerprint density at radius 1 is 1.50 bits per heavy atom. The van der Waals surface area contributed by atoms with Crippen LogP contribution in [-0.2, 0) is 14.3 Å². The summed E-state index contributed by atoms with van der Waals surface area (Å²) in [6.45, 7) is 9.41. The number of ether oxygens (including phenoxy) is 2. The van der Waals surface area contributed by atoms with E-state index in [4.69, 9.17) is 4.74 Å². The number of rotatable bonds is 3. The molecule has 7 heteroatoms. The number of nitrogens with one attached hydrogen (secondary N) is 2. The summed E-state index contributed by atoms with van der Waals surface area (Å²) in [5.41, 5.74) is -0.498. The summed E-state index contributed by atoms with van der Waals surface area (Å²) >= 11 is 0. The highest BCUT2D eigenvalue weighted by Crippen LogP contribution is 2.09. The highest BCUT2D eigenvalue weighted by molar-refractivity contribution is 5.68. The van der Waals surface area contributed by atoms with Gasteiger partial charge in [0.05, 0.1) is 18.8 Å². The zero-order valence-corrected chi connectivity index (χ0v) is 12.6. The molecule has 0 aliphatic carbocycles. The lowest BCUT2D eigenvalue weighted by atomic mass is 10.0. The van der Waals surface area contributed by atoms with E-state index in [9.17, 15) is 14.7 Å². The molecular formula is C13H26N2O5. The summed E-state index contributed by atoms with van der Waals surface area (Å²) in [7, 11) is 0. The Morgan fingerprint density at radius 3 is 2.55 bits per heavy atom. The van der Waals surface area contributed by atoms with Gasteiger partial charge in [-0.2, -0.15) is 0 Å². The number of amides is 1. The molecule has 118 valence electrons. The van der Waals surface area contributed by atoms with E-state index in [0.717, 1.165) is 13.0 Å². The average Bonchev–Trinajstić information content (AvgIpc) is 2.31. The molecule has 7 nitrogen and oxygen atoms in total. The molecule has 1 aliphatic rings. The summed E-state index contributed by atoms with van der Waals surface area (Å²) in [5, 5.41) is 15.3. The van der Waals surface area contributed by atoms with E-state index in [-0.39, 0.29) is 6.04 Å². The fourth-order valence-corrected chi connectivity index (χ4v) is 1.54. The van der Waals surface area contributed by atoms with Crippen molar-refractivity contribution in [2.45, 2.75) is 51.9 Å². The second-order valence-corrected chi connectivity index (χ2v) is 5.36. The van der Waals surface area contributed by atoms with E-state index in [1.807, 2.05) is 20.8 Å².